The number of nitrogens with one attached hydrogen (secondary N) is 7. The Morgan fingerprint density at radius 1 is 0.636 bits per heavy atom. The van der Waals surface area contributed by atoms with Gasteiger partial charge in [0.1, 0.15) is 36.3 Å². The number of aliphatic imine (C=N–C) groups is 1. The van der Waals surface area contributed by atoms with E-state index in [0.717, 1.165) is 5.56 Å². The maximum absolute atomic E-state index is 14.2. The molecule has 66 heavy (non-hydrogen) atoms. The summed E-state index contributed by atoms with van der Waals surface area (Å²) in [6.45, 7) is 17.3. The van der Waals surface area contributed by atoms with Gasteiger partial charge in [0.15, 0.2) is 5.96 Å². The van der Waals surface area contributed by atoms with Crippen LogP contribution in [-0.4, -0.2) is 121 Å². The van der Waals surface area contributed by atoms with E-state index >= 15 is 0 Å². The fourth-order valence-corrected chi connectivity index (χ4v) is 7.57. The van der Waals surface area contributed by atoms with Crippen LogP contribution in [0.15, 0.2) is 35.3 Å². The number of likely N-dealkylation sites (tertiary alicyclic amines) is 1. The van der Waals surface area contributed by atoms with Gasteiger partial charge in [-0.1, -0.05) is 85.7 Å². The van der Waals surface area contributed by atoms with Crippen molar-refractivity contribution in [3.8, 4) is 0 Å². The Balaban J connectivity index is 2.33. The second kappa shape index (κ2) is 29.0. The molecule has 1 fully saturated rings. The molecule has 19 nitrogen and oxygen atoms in total. The highest BCUT2D eigenvalue weighted by atomic mass is 16.2. The summed E-state index contributed by atoms with van der Waals surface area (Å²) >= 11 is 0. The maximum Gasteiger partial charge on any atom is 0.243 e. The Morgan fingerprint density at radius 2 is 1.14 bits per heavy atom. The molecule has 2 rings (SSSR count). The van der Waals surface area contributed by atoms with Gasteiger partial charge in [-0.25, -0.2) is 0 Å². The number of aryl methyl sites for hydroxylation is 1. The molecule has 1 aliphatic rings. The number of amides is 8. The second-order valence-corrected chi connectivity index (χ2v) is 19.0. The Kier molecular flexibility index (Phi) is 24.8. The Labute approximate surface area is 391 Å². The molecule has 1 heterocycles. The van der Waals surface area contributed by atoms with Gasteiger partial charge in [-0.15, -0.1) is 0 Å². The van der Waals surface area contributed by atoms with Crippen LogP contribution in [0.1, 0.15) is 119 Å². The van der Waals surface area contributed by atoms with Gasteiger partial charge in [0.05, 0.1) is 6.54 Å². The van der Waals surface area contributed by atoms with Crippen LogP contribution >= 0.6 is 0 Å². The van der Waals surface area contributed by atoms with Crippen molar-refractivity contribution in [1.82, 2.24) is 42.1 Å². The van der Waals surface area contributed by atoms with Crippen molar-refractivity contribution >= 4 is 53.2 Å². The standard InChI is InChI=1S/C47H79N11O8/c1-28(2)23-36(41(61)51-26-31(7)8)55-45(65)38(25-30(5)6)56-43(63)34(17-13-21-50-47(48)49)54-44(64)35(20-19-33-15-11-10-12-16-33)53-40(60)27-52-42(62)37(24-29(3)4)57-46(66)39-18-14-22-58(39)32(9)59/h10-12,15-16,28-31,34-39H,13-14,17-27H2,1-9H3,(H,51,61)(H,52,62)(H,53,60)(H,54,64)(H,55,65)(H,56,63)(H,57,66)(H4,48,49,50)/t34-,35-,36-,37-,38+,39-/m0/s1. The van der Waals surface area contributed by atoms with Crippen molar-refractivity contribution in [2.45, 2.75) is 156 Å². The van der Waals surface area contributed by atoms with Crippen LogP contribution in [0.5, 0.6) is 0 Å². The third-order valence-electron chi connectivity index (χ3n) is 10.9. The van der Waals surface area contributed by atoms with Gasteiger partial charge in [-0.05, 0) is 87.0 Å². The average Bonchev–Trinajstić information content (AvgIpc) is 3.74. The number of carbonyl (C=O) groups excluding carboxylic acids is 8. The van der Waals surface area contributed by atoms with E-state index in [4.69, 9.17) is 11.5 Å². The normalized spacial score (nSPS) is 15.8. The van der Waals surface area contributed by atoms with Crippen LogP contribution in [0.4, 0.5) is 0 Å². The molecule has 11 N–H and O–H groups in total. The Morgan fingerprint density at radius 3 is 1.67 bits per heavy atom. The fourth-order valence-electron chi connectivity index (χ4n) is 7.57. The predicted molar refractivity (Wildman–Crippen MR) is 254 cm³/mol. The molecule has 19 heteroatoms. The SMILES string of the molecule is CC(=O)N1CCC[C@H]1C(=O)N[C@@H](CC(C)C)C(=O)NCC(=O)N[C@@H](CCc1ccccc1)C(=O)N[C@@H](CCCN=C(N)N)C(=O)N[C@H](CC(C)C)C(=O)N[C@@H](CC(C)C)C(=O)NCC(C)C. The van der Waals surface area contributed by atoms with Crippen molar-refractivity contribution in [3.05, 3.63) is 35.9 Å². The molecule has 1 aromatic carbocycles. The first-order chi connectivity index (χ1) is 31.1. The molecule has 370 valence electrons. The van der Waals surface area contributed by atoms with Gasteiger partial charge in [0.2, 0.25) is 47.3 Å². The molecule has 0 spiro atoms. The number of benzene rings is 1. The molecule has 0 unspecified atom stereocenters. The number of hydrogen-bond acceptors (Lipinski definition) is 9. The molecule has 6 atom stereocenters. The van der Waals surface area contributed by atoms with E-state index in [1.165, 1.54) is 11.8 Å². The van der Waals surface area contributed by atoms with Crippen LogP contribution < -0.4 is 48.7 Å². The van der Waals surface area contributed by atoms with E-state index in [-0.39, 0.29) is 80.1 Å². The molecule has 0 aromatic heterocycles. The Hall–Kier alpha value is -5.75. The third kappa shape index (κ3) is 21.5. The number of nitrogens with zero attached hydrogens (tertiary/aromatic N) is 2. The molecular weight excluding hydrogens is 847 g/mol. The van der Waals surface area contributed by atoms with Crippen molar-refractivity contribution in [1.29, 1.82) is 0 Å². The molecule has 8 amide bonds. The van der Waals surface area contributed by atoms with Crippen LogP contribution in [0.3, 0.4) is 0 Å². The lowest BCUT2D eigenvalue weighted by atomic mass is 9.99. The molecule has 1 saturated heterocycles. The largest absolute Gasteiger partial charge is 0.370 e. The summed E-state index contributed by atoms with van der Waals surface area (Å²) < 4.78 is 0. The van der Waals surface area contributed by atoms with E-state index in [9.17, 15) is 38.4 Å². The molecule has 1 aromatic rings. The minimum absolute atomic E-state index is 0.00377. The van der Waals surface area contributed by atoms with Crippen LogP contribution in [0.25, 0.3) is 0 Å². The van der Waals surface area contributed by atoms with E-state index in [0.29, 0.717) is 38.8 Å². The number of nitrogens with two attached hydrogens (primary N) is 2. The highest BCUT2D eigenvalue weighted by Crippen LogP contribution is 2.18. The summed E-state index contributed by atoms with van der Waals surface area (Å²) in [5.74, 6) is -4.12. The Bertz CT molecular complexity index is 1780. The number of hydrogen-bond donors (Lipinski definition) is 9. The zero-order valence-electron chi connectivity index (χ0n) is 40.7. The second-order valence-electron chi connectivity index (χ2n) is 19.0. The van der Waals surface area contributed by atoms with E-state index in [2.05, 4.69) is 42.2 Å². The van der Waals surface area contributed by atoms with Crippen molar-refractivity contribution < 1.29 is 38.4 Å². The summed E-state index contributed by atoms with van der Waals surface area (Å²) in [4.78, 5) is 113. The van der Waals surface area contributed by atoms with Gasteiger partial charge in [0.25, 0.3) is 0 Å². The third-order valence-corrected chi connectivity index (χ3v) is 10.9. The monoisotopic (exact) mass is 926 g/mol. The average molecular weight is 926 g/mol. The maximum atomic E-state index is 14.2. The van der Waals surface area contributed by atoms with Crippen molar-refractivity contribution in [2.24, 2.45) is 40.1 Å². The first-order valence-electron chi connectivity index (χ1n) is 23.5. The summed E-state index contributed by atoms with van der Waals surface area (Å²) in [5.41, 5.74) is 12.0. The van der Waals surface area contributed by atoms with Crippen molar-refractivity contribution in [3.63, 3.8) is 0 Å². The summed E-state index contributed by atoms with van der Waals surface area (Å²) in [6.07, 6.45) is 2.81. The zero-order valence-corrected chi connectivity index (χ0v) is 40.7. The number of guanidine groups is 1. The van der Waals surface area contributed by atoms with Crippen LogP contribution in [0.2, 0.25) is 0 Å². The predicted octanol–water partition coefficient (Wildman–Crippen LogP) is 1.13. The zero-order chi connectivity index (χ0) is 49.5. The van der Waals surface area contributed by atoms with E-state index in [1.807, 2.05) is 85.7 Å². The lowest BCUT2D eigenvalue weighted by Gasteiger charge is -2.28. The van der Waals surface area contributed by atoms with Crippen molar-refractivity contribution in [2.75, 3.05) is 26.2 Å². The number of rotatable bonds is 28. The molecule has 0 saturated carbocycles. The number of carbonyl (C=O) groups is 8. The first-order valence-corrected chi connectivity index (χ1v) is 23.5. The van der Waals surface area contributed by atoms with Gasteiger partial charge in [0, 0.05) is 26.6 Å². The van der Waals surface area contributed by atoms with Gasteiger partial charge >= 0.3 is 0 Å². The molecule has 0 radical (unpaired) electrons. The highest BCUT2D eigenvalue weighted by Gasteiger charge is 2.36. The van der Waals surface area contributed by atoms with E-state index < -0.39 is 78.2 Å². The topological polar surface area (TPSA) is 288 Å². The molecule has 1 aliphatic heterocycles. The fraction of sp³-hybridized carbons (Fsp3) is 0.681. The molecule has 0 bridgehead atoms. The van der Waals surface area contributed by atoms with Gasteiger partial charge < -0.3 is 53.6 Å². The summed E-state index contributed by atoms with van der Waals surface area (Å²) in [7, 11) is 0. The summed E-state index contributed by atoms with van der Waals surface area (Å²) in [5, 5.41) is 19.4. The van der Waals surface area contributed by atoms with E-state index in [1.54, 1.807) is 0 Å². The lowest BCUT2D eigenvalue weighted by molar-refractivity contribution is -0.138. The lowest BCUT2D eigenvalue weighted by Crippen LogP contribution is -2.59. The molecular formula is C47H79N11O8. The van der Waals surface area contributed by atoms with Gasteiger partial charge in [-0.2, -0.15) is 0 Å². The minimum atomic E-state index is -1.20. The van der Waals surface area contributed by atoms with Crippen LogP contribution in [0, 0.1) is 23.7 Å². The minimum Gasteiger partial charge on any atom is -0.370 e. The smallest absolute Gasteiger partial charge is 0.243 e. The summed E-state index contributed by atoms with van der Waals surface area (Å²) in [6, 6.07) is 3.34. The highest BCUT2D eigenvalue weighted by molar-refractivity contribution is 5.97. The molecule has 0 aliphatic carbocycles. The van der Waals surface area contributed by atoms with Crippen LogP contribution in [-0.2, 0) is 44.8 Å². The quantitative estimate of drug-likeness (QED) is 0.0328. The first kappa shape index (κ1) is 56.4. The van der Waals surface area contributed by atoms with Gasteiger partial charge in [-0.3, -0.25) is 43.3 Å².